The van der Waals surface area contributed by atoms with Crippen LogP contribution in [0.15, 0.2) is 24.3 Å². The molecular formula is C22H33N3O2. The van der Waals surface area contributed by atoms with Gasteiger partial charge in [0.15, 0.2) is 0 Å². The number of carbonyl (C=O) groups excluding carboxylic acids is 2. The zero-order chi connectivity index (χ0) is 19.4. The Morgan fingerprint density at radius 1 is 1.11 bits per heavy atom. The molecule has 2 aliphatic rings. The highest BCUT2D eigenvalue weighted by atomic mass is 16.2. The Labute approximate surface area is 163 Å². The Hall–Kier alpha value is -2.04. The molecule has 5 heteroatoms. The normalized spacial score (nSPS) is 19.4. The summed E-state index contributed by atoms with van der Waals surface area (Å²) in [5, 5.41) is 0. The van der Waals surface area contributed by atoms with Crippen LogP contribution in [0.25, 0.3) is 0 Å². The molecule has 1 spiro atoms. The predicted molar refractivity (Wildman–Crippen MR) is 109 cm³/mol. The maximum Gasteiger partial charge on any atom is 0.222 e. The molecule has 1 aromatic carbocycles. The molecule has 27 heavy (non-hydrogen) atoms. The molecule has 0 bridgehead atoms. The van der Waals surface area contributed by atoms with Gasteiger partial charge in [-0.05, 0) is 55.7 Å². The molecule has 2 amide bonds. The van der Waals surface area contributed by atoms with E-state index in [1.54, 1.807) is 0 Å². The summed E-state index contributed by atoms with van der Waals surface area (Å²) >= 11 is 0. The fourth-order valence-electron chi connectivity index (χ4n) is 4.40. The van der Waals surface area contributed by atoms with Crippen LogP contribution in [0.3, 0.4) is 0 Å². The summed E-state index contributed by atoms with van der Waals surface area (Å²) < 4.78 is 0. The van der Waals surface area contributed by atoms with Gasteiger partial charge in [-0.3, -0.25) is 9.59 Å². The number of anilines is 1. The number of carbonyl (C=O) groups is 2. The van der Waals surface area contributed by atoms with Gasteiger partial charge in [0.2, 0.25) is 11.8 Å². The second-order valence-electron chi connectivity index (χ2n) is 8.35. The first-order chi connectivity index (χ1) is 12.9. The fourth-order valence-corrected chi connectivity index (χ4v) is 4.40. The third-order valence-electron chi connectivity index (χ3n) is 6.39. The van der Waals surface area contributed by atoms with E-state index < -0.39 is 0 Å². The van der Waals surface area contributed by atoms with E-state index >= 15 is 0 Å². The molecule has 1 aromatic rings. The standard InChI is InChI=1S/C22H33N3O2/c1-4-24-17-22(12-11-21(24)27)13-15-25(16-14-22)20(26)10-7-18-5-8-19(9-6-18)23(2)3/h5-6,8-9H,4,7,10-17H2,1-3H3. The van der Waals surface area contributed by atoms with Gasteiger partial charge in [-0.1, -0.05) is 12.1 Å². The molecule has 2 saturated heterocycles. The van der Waals surface area contributed by atoms with Crippen LogP contribution >= 0.6 is 0 Å². The van der Waals surface area contributed by atoms with Crippen molar-refractivity contribution in [2.75, 3.05) is 45.2 Å². The molecular weight excluding hydrogens is 338 g/mol. The summed E-state index contributed by atoms with van der Waals surface area (Å²) in [6.07, 6.45) is 5.09. The van der Waals surface area contributed by atoms with Crippen LogP contribution in [-0.4, -0.2) is 61.9 Å². The molecule has 0 aromatic heterocycles. The van der Waals surface area contributed by atoms with Crippen molar-refractivity contribution in [2.45, 2.75) is 45.4 Å². The predicted octanol–water partition coefficient (Wildman–Crippen LogP) is 2.94. The molecule has 0 N–H and O–H groups in total. The Morgan fingerprint density at radius 2 is 1.78 bits per heavy atom. The molecule has 2 fully saturated rings. The van der Waals surface area contributed by atoms with Crippen molar-refractivity contribution >= 4 is 17.5 Å². The summed E-state index contributed by atoms with van der Waals surface area (Å²) in [5.41, 5.74) is 2.63. The lowest BCUT2D eigenvalue weighted by Gasteiger charge is -2.47. The van der Waals surface area contributed by atoms with Gasteiger partial charge in [0.1, 0.15) is 0 Å². The lowest BCUT2D eigenvalue weighted by atomic mass is 9.72. The van der Waals surface area contributed by atoms with E-state index in [4.69, 9.17) is 0 Å². The van der Waals surface area contributed by atoms with Crippen LogP contribution in [0.5, 0.6) is 0 Å². The summed E-state index contributed by atoms with van der Waals surface area (Å²) in [6, 6.07) is 8.45. The van der Waals surface area contributed by atoms with Gasteiger partial charge >= 0.3 is 0 Å². The maximum atomic E-state index is 12.6. The van der Waals surface area contributed by atoms with Crippen molar-refractivity contribution in [3.05, 3.63) is 29.8 Å². The minimum absolute atomic E-state index is 0.239. The average molecular weight is 372 g/mol. The monoisotopic (exact) mass is 371 g/mol. The van der Waals surface area contributed by atoms with Gasteiger partial charge in [0, 0.05) is 58.8 Å². The number of hydrogen-bond acceptors (Lipinski definition) is 3. The summed E-state index contributed by atoms with van der Waals surface area (Å²) in [6.45, 7) is 5.41. The third kappa shape index (κ3) is 4.63. The summed E-state index contributed by atoms with van der Waals surface area (Å²) in [4.78, 5) is 30.7. The molecule has 0 atom stereocenters. The fraction of sp³-hybridized carbons (Fsp3) is 0.636. The smallest absolute Gasteiger partial charge is 0.222 e. The second-order valence-corrected chi connectivity index (χ2v) is 8.35. The lowest BCUT2D eigenvalue weighted by Crippen LogP contribution is -2.52. The Bertz CT molecular complexity index is 661. The molecule has 5 nitrogen and oxygen atoms in total. The number of piperidine rings is 2. The molecule has 148 valence electrons. The largest absolute Gasteiger partial charge is 0.378 e. The van der Waals surface area contributed by atoms with Crippen molar-refractivity contribution in [3.63, 3.8) is 0 Å². The lowest BCUT2D eigenvalue weighted by molar-refractivity contribution is -0.142. The molecule has 0 saturated carbocycles. The molecule has 0 aliphatic carbocycles. The number of likely N-dealkylation sites (tertiary alicyclic amines) is 2. The Balaban J connectivity index is 1.48. The Kier molecular flexibility index (Phi) is 6.08. The number of amides is 2. The van der Waals surface area contributed by atoms with E-state index in [-0.39, 0.29) is 11.3 Å². The van der Waals surface area contributed by atoms with E-state index in [0.29, 0.717) is 18.7 Å². The molecule has 0 radical (unpaired) electrons. The number of rotatable bonds is 5. The minimum Gasteiger partial charge on any atom is -0.378 e. The summed E-state index contributed by atoms with van der Waals surface area (Å²) in [5.74, 6) is 0.558. The molecule has 2 aliphatic heterocycles. The van der Waals surface area contributed by atoms with Gasteiger partial charge in [-0.15, -0.1) is 0 Å². The van der Waals surface area contributed by atoms with Crippen LogP contribution < -0.4 is 4.90 Å². The van der Waals surface area contributed by atoms with Crippen molar-refractivity contribution in [1.29, 1.82) is 0 Å². The molecule has 3 rings (SSSR count). The van der Waals surface area contributed by atoms with Crippen LogP contribution in [0, 0.1) is 5.41 Å². The van der Waals surface area contributed by atoms with Gasteiger partial charge in [-0.2, -0.15) is 0 Å². The van der Waals surface area contributed by atoms with Crippen molar-refractivity contribution in [1.82, 2.24) is 9.80 Å². The molecule has 2 heterocycles. The number of benzene rings is 1. The van der Waals surface area contributed by atoms with Crippen molar-refractivity contribution < 1.29 is 9.59 Å². The van der Waals surface area contributed by atoms with Gasteiger partial charge < -0.3 is 14.7 Å². The number of nitrogens with zero attached hydrogens (tertiary/aromatic N) is 3. The first-order valence-electron chi connectivity index (χ1n) is 10.2. The van der Waals surface area contributed by atoms with E-state index in [0.717, 1.165) is 51.9 Å². The highest BCUT2D eigenvalue weighted by Crippen LogP contribution is 2.40. The third-order valence-corrected chi connectivity index (χ3v) is 6.39. The SMILES string of the molecule is CCN1CC2(CCC1=O)CCN(C(=O)CCc1ccc(N(C)C)cc1)CC2. The zero-order valence-corrected chi connectivity index (χ0v) is 17.0. The van der Waals surface area contributed by atoms with Gasteiger partial charge in [0.05, 0.1) is 0 Å². The topological polar surface area (TPSA) is 43.9 Å². The minimum atomic E-state index is 0.239. The Morgan fingerprint density at radius 3 is 2.37 bits per heavy atom. The average Bonchev–Trinajstić information content (AvgIpc) is 2.69. The van der Waals surface area contributed by atoms with Crippen molar-refractivity contribution in [3.8, 4) is 0 Å². The van der Waals surface area contributed by atoms with Gasteiger partial charge in [-0.25, -0.2) is 0 Å². The van der Waals surface area contributed by atoms with E-state index in [9.17, 15) is 9.59 Å². The van der Waals surface area contributed by atoms with E-state index in [2.05, 4.69) is 36.1 Å². The van der Waals surface area contributed by atoms with Crippen LogP contribution in [0.2, 0.25) is 0 Å². The maximum absolute atomic E-state index is 12.6. The number of hydrogen-bond donors (Lipinski definition) is 0. The van der Waals surface area contributed by atoms with E-state index in [1.807, 2.05) is 23.9 Å². The highest BCUT2D eigenvalue weighted by molar-refractivity contribution is 5.78. The number of aryl methyl sites for hydroxylation is 1. The van der Waals surface area contributed by atoms with Crippen LogP contribution in [0.1, 0.15) is 44.6 Å². The van der Waals surface area contributed by atoms with Crippen LogP contribution in [-0.2, 0) is 16.0 Å². The quantitative estimate of drug-likeness (QED) is 0.799. The first kappa shape index (κ1) is 19.7. The van der Waals surface area contributed by atoms with E-state index in [1.165, 1.54) is 11.3 Å². The summed E-state index contributed by atoms with van der Waals surface area (Å²) in [7, 11) is 4.06. The second kappa shape index (κ2) is 8.32. The van der Waals surface area contributed by atoms with Gasteiger partial charge in [0.25, 0.3) is 0 Å². The molecule has 0 unspecified atom stereocenters. The van der Waals surface area contributed by atoms with Crippen molar-refractivity contribution in [2.24, 2.45) is 5.41 Å². The first-order valence-corrected chi connectivity index (χ1v) is 10.2. The van der Waals surface area contributed by atoms with Crippen LogP contribution in [0.4, 0.5) is 5.69 Å². The zero-order valence-electron chi connectivity index (χ0n) is 17.0. The highest BCUT2D eigenvalue weighted by Gasteiger charge is 2.41.